The largest absolute Gasteiger partial charge is 0.493 e. The standard InChI is InChI=1S/C22H21N3O4/c1-28-20-15-16(4-10-19(20)29-14-12-23)5-11-21(26)24-17-6-8-18(9-7-17)25-13-2-3-22(25)27/h4-11,15H,2-3,13-14H2,1H3,(H,24,26)/b11-5+. The number of amides is 2. The maximum Gasteiger partial charge on any atom is 0.248 e. The maximum absolute atomic E-state index is 12.2. The highest BCUT2D eigenvalue weighted by molar-refractivity contribution is 6.02. The van der Waals surface area contributed by atoms with E-state index < -0.39 is 0 Å². The lowest BCUT2D eigenvalue weighted by Crippen LogP contribution is -2.23. The molecular weight excluding hydrogens is 370 g/mol. The molecule has 0 unspecified atom stereocenters. The van der Waals surface area contributed by atoms with E-state index in [2.05, 4.69) is 5.32 Å². The second-order valence-corrected chi connectivity index (χ2v) is 6.38. The van der Waals surface area contributed by atoms with Crippen LogP contribution in [0.4, 0.5) is 11.4 Å². The first kappa shape index (κ1) is 20.0. The van der Waals surface area contributed by atoms with Crippen LogP contribution in [0.1, 0.15) is 18.4 Å². The third-order valence-electron chi connectivity index (χ3n) is 4.43. The van der Waals surface area contributed by atoms with Gasteiger partial charge in [-0.2, -0.15) is 5.26 Å². The second-order valence-electron chi connectivity index (χ2n) is 6.38. The van der Waals surface area contributed by atoms with E-state index in [9.17, 15) is 9.59 Å². The summed E-state index contributed by atoms with van der Waals surface area (Å²) >= 11 is 0. The first-order chi connectivity index (χ1) is 14.1. The molecule has 1 N–H and O–H groups in total. The van der Waals surface area contributed by atoms with Gasteiger partial charge in [0.15, 0.2) is 18.1 Å². The van der Waals surface area contributed by atoms with Crippen LogP contribution in [0, 0.1) is 11.3 Å². The lowest BCUT2D eigenvalue weighted by atomic mass is 10.2. The van der Waals surface area contributed by atoms with E-state index in [1.165, 1.54) is 13.2 Å². The molecule has 3 rings (SSSR count). The molecule has 1 aliphatic heterocycles. The molecule has 0 bridgehead atoms. The van der Waals surface area contributed by atoms with Crippen LogP contribution in [0.3, 0.4) is 0 Å². The molecular formula is C22H21N3O4. The van der Waals surface area contributed by atoms with Gasteiger partial charge in [0.25, 0.3) is 0 Å². The van der Waals surface area contributed by atoms with Crippen LogP contribution < -0.4 is 19.7 Å². The summed E-state index contributed by atoms with van der Waals surface area (Å²) in [6.07, 6.45) is 4.53. The Hall–Kier alpha value is -3.79. The van der Waals surface area contributed by atoms with Gasteiger partial charge in [0, 0.05) is 30.4 Å². The third-order valence-corrected chi connectivity index (χ3v) is 4.43. The van der Waals surface area contributed by atoms with Gasteiger partial charge in [0.05, 0.1) is 7.11 Å². The molecule has 2 aromatic carbocycles. The Kier molecular flexibility index (Phi) is 6.48. The molecule has 1 aliphatic rings. The van der Waals surface area contributed by atoms with Crippen LogP contribution in [0.25, 0.3) is 6.08 Å². The highest BCUT2D eigenvalue weighted by Crippen LogP contribution is 2.28. The van der Waals surface area contributed by atoms with Gasteiger partial charge in [-0.25, -0.2) is 0 Å². The van der Waals surface area contributed by atoms with Crippen molar-refractivity contribution in [2.75, 3.05) is 30.5 Å². The van der Waals surface area contributed by atoms with Crippen LogP contribution >= 0.6 is 0 Å². The van der Waals surface area contributed by atoms with E-state index in [-0.39, 0.29) is 18.4 Å². The fourth-order valence-corrected chi connectivity index (χ4v) is 3.02. The Morgan fingerprint density at radius 3 is 2.69 bits per heavy atom. The van der Waals surface area contributed by atoms with Gasteiger partial charge in [-0.05, 0) is 54.5 Å². The molecule has 29 heavy (non-hydrogen) atoms. The first-order valence-corrected chi connectivity index (χ1v) is 9.18. The average molecular weight is 391 g/mol. The molecule has 1 saturated heterocycles. The summed E-state index contributed by atoms with van der Waals surface area (Å²) in [7, 11) is 1.51. The number of nitrogens with one attached hydrogen (secondary N) is 1. The van der Waals surface area contributed by atoms with Gasteiger partial charge in [-0.15, -0.1) is 0 Å². The topological polar surface area (TPSA) is 91.7 Å². The zero-order chi connectivity index (χ0) is 20.6. The molecule has 7 heteroatoms. The molecule has 0 aliphatic carbocycles. The number of rotatable bonds is 7. The van der Waals surface area contributed by atoms with E-state index in [1.54, 1.807) is 41.3 Å². The van der Waals surface area contributed by atoms with Crippen molar-refractivity contribution in [1.82, 2.24) is 0 Å². The fourth-order valence-electron chi connectivity index (χ4n) is 3.02. The van der Waals surface area contributed by atoms with Crippen LogP contribution in [0.5, 0.6) is 11.5 Å². The molecule has 1 fully saturated rings. The Labute approximate surface area is 169 Å². The molecule has 0 spiro atoms. The van der Waals surface area contributed by atoms with Crippen molar-refractivity contribution in [3.63, 3.8) is 0 Å². The number of anilines is 2. The van der Waals surface area contributed by atoms with Crippen molar-refractivity contribution in [1.29, 1.82) is 5.26 Å². The van der Waals surface area contributed by atoms with Crippen LogP contribution in [0.2, 0.25) is 0 Å². The summed E-state index contributed by atoms with van der Waals surface area (Å²) in [5.41, 5.74) is 2.24. The molecule has 2 amide bonds. The zero-order valence-electron chi connectivity index (χ0n) is 16.1. The van der Waals surface area contributed by atoms with Crippen molar-refractivity contribution in [3.8, 4) is 17.6 Å². The van der Waals surface area contributed by atoms with Gasteiger partial charge in [-0.3, -0.25) is 9.59 Å². The van der Waals surface area contributed by atoms with E-state index in [0.29, 0.717) is 23.6 Å². The summed E-state index contributed by atoms with van der Waals surface area (Å²) < 4.78 is 10.5. The Balaban J connectivity index is 1.61. The summed E-state index contributed by atoms with van der Waals surface area (Å²) in [6.45, 7) is 0.662. The van der Waals surface area contributed by atoms with Gasteiger partial charge >= 0.3 is 0 Å². The highest BCUT2D eigenvalue weighted by atomic mass is 16.5. The van der Waals surface area contributed by atoms with Gasteiger partial charge < -0.3 is 19.7 Å². The number of carbonyl (C=O) groups is 2. The Morgan fingerprint density at radius 1 is 1.24 bits per heavy atom. The molecule has 0 radical (unpaired) electrons. The quantitative estimate of drug-likeness (QED) is 0.731. The molecule has 148 valence electrons. The number of benzene rings is 2. The number of carbonyl (C=O) groups excluding carboxylic acids is 2. The lowest BCUT2D eigenvalue weighted by Gasteiger charge is -2.15. The maximum atomic E-state index is 12.2. The normalized spacial score (nSPS) is 13.4. The van der Waals surface area contributed by atoms with Gasteiger partial charge in [0.1, 0.15) is 6.07 Å². The third kappa shape index (κ3) is 5.14. The average Bonchev–Trinajstić information content (AvgIpc) is 3.17. The molecule has 7 nitrogen and oxygen atoms in total. The van der Waals surface area contributed by atoms with Crippen molar-refractivity contribution >= 4 is 29.3 Å². The predicted octanol–water partition coefficient (Wildman–Crippen LogP) is 3.38. The SMILES string of the molecule is COc1cc(/C=C/C(=O)Nc2ccc(N3CCCC3=O)cc2)ccc1OCC#N. The van der Waals surface area contributed by atoms with E-state index >= 15 is 0 Å². The molecule has 0 atom stereocenters. The number of ether oxygens (including phenoxy) is 2. The van der Waals surface area contributed by atoms with Crippen LogP contribution in [-0.4, -0.2) is 32.1 Å². The predicted molar refractivity (Wildman–Crippen MR) is 110 cm³/mol. The Bertz CT molecular complexity index is 961. The number of hydrogen-bond donors (Lipinski definition) is 1. The zero-order valence-corrected chi connectivity index (χ0v) is 16.1. The van der Waals surface area contributed by atoms with Crippen molar-refractivity contribution in [2.24, 2.45) is 0 Å². The first-order valence-electron chi connectivity index (χ1n) is 9.18. The molecule has 1 heterocycles. The minimum atomic E-state index is -0.279. The number of methoxy groups -OCH3 is 1. The number of hydrogen-bond acceptors (Lipinski definition) is 5. The Morgan fingerprint density at radius 2 is 2.03 bits per heavy atom. The molecule has 0 aromatic heterocycles. The van der Waals surface area contributed by atoms with Crippen LogP contribution in [0.15, 0.2) is 48.5 Å². The molecule has 0 saturated carbocycles. The van der Waals surface area contributed by atoms with Crippen LogP contribution in [-0.2, 0) is 9.59 Å². The summed E-state index contributed by atoms with van der Waals surface area (Å²) in [4.78, 5) is 25.7. The summed E-state index contributed by atoms with van der Waals surface area (Å²) in [6, 6.07) is 14.3. The minimum Gasteiger partial charge on any atom is -0.493 e. The van der Waals surface area contributed by atoms with E-state index in [0.717, 1.165) is 24.2 Å². The smallest absolute Gasteiger partial charge is 0.248 e. The molecule has 2 aromatic rings. The van der Waals surface area contributed by atoms with Crippen molar-refractivity contribution in [3.05, 3.63) is 54.1 Å². The monoisotopic (exact) mass is 391 g/mol. The van der Waals surface area contributed by atoms with E-state index in [1.807, 2.05) is 18.2 Å². The summed E-state index contributed by atoms with van der Waals surface area (Å²) in [5, 5.41) is 11.4. The van der Waals surface area contributed by atoms with E-state index in [4.69, 9.17) is 14.7 Å². The fraction of sp³-hybridized carbons (Fsp3) is 0.227. The number of nitriles is 1. The van der Waals surface area contributed by atoms with Crippen molar-refractivity contribution < 1.29 is 19.1 Å². The second kappa shape index (κ2) is 9.42. The van der Waals surface area contributed by atoms with Crippen molar-refractivity contribution in [2.45, 2.75) is 12.8 Å². The van der Waals surface area contributed by atoms with Gasteiger partial charge in [0.2, 0.25) is 11.8 Å². The van der Waals surface area contributed by atoms with Gasteiger partial charge in [-0.1, -0.05) is 6.07 Å². The number of nitrogens with zero attached hydrogens (tertiary/aromatic N) is 2. The summed E-state index contributed by atoms with van der Waals surface area (Å²) in [5.74, 6) is 0.796. The lowest BCUT2D eigenvalue weighted by molar-refractivity contribution is -0.117. The minimum absolute atomic E-state index is 0.0708. The highest BCUT2D eigenvalue weighted by Gasteiger charge is 2.21.